The Morgan fingerprint density at radius 2 is 1.05 bits per heavy atom. The first-order chi connectivity index (χ1) is 18.6. The zero-order valence-electron chi connectivity index (χ0n) is 21.0. The molecular weight excluding hydrogens is 599 g/mol. The summed E-state index contributed by atoms with van der Waals surface area (Å²) in [6.45, 7) is 3.12. The van der Waals surface area contributed by atoms with Gasteiger partial charge in [-0.3, -0.25) is 18.7 Å². The second-order valence-corrected chi connectivity index (χ2v) is 12.3. The predicted molar refractivity (Wildman–Crippen MR) is 152 cm³/mol. The standard InChI is InChI=1S/2C14H11ClO4S/c1-9-8-11(4-7-13(9)20(17,18)19)14(16)10-2-5-12(15)6-3-10;1-9-8-12(20(17,18)19)6-7-13(9)14(16)10-2-4-11(15)5-3-10/h2*2-8H,1H3,(H,17,18,19). The van der Waals surface area contributed by atoms with Crippen molar-refractivity contribution in [3.63, 3.8) is 0 Å². The number of hydrogen-bond acceptors (Lipinski definition) is 6. The van der Waals surface area contributed by atoms with Crippen molar-refractivity contribution < 1.29 is 35.5 Å². The molecule has 40 heavy (non-hydrogen) atoms. The molecule has 8 nitrogen and oxygen atoms in total. The molecule has 0 saturated heterocycles. The lowest BCUT2D eigenvalue weighted by Crippen LogP contribution is -2.06. The molecule has 0 aliphatic heterocycles. The van der Waals surface area contributed by atoms with Gasteiger partial charge in [0.2, 0.25) is 0 Å². The lowest BCUT2D eigenvalue weighted by atomic mass is 9.99. The first-order valence-corrected chi connectivity index (χ1v) is 15.0. The van der Waals surface area contributed by atoms with Crippen LogP contribution in [0.5, 0.6) is 0 Å². The maximum atomic E-state index is 12.3. The van der Waals surface area contributed by atoms with Gasteiger partial charge in [0.1, 0.15) is 0 Å². The maximum absolute atomic E-state index is 12.3. The molecule has 2 N–H and O–H groups in total. The van der Waals surface area contributed by atoms with Crippen molar-refractivity contribution in [3.8, 4) is 0 Å². The van der Waals surface area contributed by atoms with Crippen LogP contribution in [0.1, 0.15) is 43.0 Å². The molecule has 12 heteroatoms. The summed E-state index contributed by atoms with van der Waals surface area (Å²) in [6.07, 6.45) is 0. The van der Waals surface area contributed by atoms with Crippen molar-refractivity contribution >= 4 is 55.0 Å². The van der Waals surface area contributed by atoms with Crippen LogP contribution in [0.25, 0.3) is 0 Å². The van der Waals surface area contributed by atoms with E-state index in [1.54, 1.807) is 55.5 Å². The molecular formula is C28H22Cl2O8S2. The van der Waals surface area contributed by atoms with Crippen LogP contribution in [0.15, 0.2) is 94.7 Å². The van der Waals surface area contributed by atoms with Gasteiger partial charge in [-0.15, -0.1) is 0 Å². The lowest BCUT2D eigenvalue weighted by Gasteiger charge is -2.07. The SMILES string of the molecule is Cc1cc(C(=O)c2ccc(Cl)cc2)ccc1S(=O)(=O)O.Cc1cc(S(=O)(=O)O)ccc1C(=O)c1ccc(Cl)cc1. The number of carbonyl (C=O) groups excluding carboxylic acids is 2. The van der Waals surface area contributed by atoms with Gasteiger partial charge in [0.15, 0.2) is 11.6 Å². The summed E-state index contributed by atoms with van der Waals surface area (Å²) in [5, 5.41) is 1.06. The van der Waals surface area contributed by atoms with Gasteiger partial charge >= 0.3 is 0 Å². The summed E-state index contributed by atoms with van der Waals surface area (Å²) in [5.74, 6) is -0.479. The number of halogens is 2. The second kappa shape index (κ2) is 12.4. The minimum absolute atomic E-state index is 0.204. The van der Waals surface area contributed by atoms with Gasteiger partial charge in [0.05, 0.1) is 9.79 Å². The molecule has 0 aromatic heterocycles. The molecule has 0 spiro atoms. The summed E-state index contributed by atoms with van der Waals surface area (Å²) in [6, 6.07) is 20.7. The first kappa shape index (κ1) is 31.2. The zero-order valence-corrected chi connectivity index (χ0v) is 24.1. The minimum Gasteiger partial charge on any atom is -0.289 e. The fourth-order valence-electron chi connectivity index (χ4n) is 3.66. The normalized spacial score (nSPS) is 11.3. The van der Waals surface area contributed by atoms with Crippen LogP contribution in [-0.4, -0.2) is 37.5 Å². The quantitative estimate of drug-likeness (QED) is 0.190. The van der Waals surface area contributed by atoms with Crippen molar-refractivity contribution in [1.82, 2.24) is 0 Å². The van der Waals surface area contributed by atoms with Crippen molar-refractivity contribution in [1.29, 1.82) is 0 Å². The zero-order chi connectivity index (χ0) is 29.8. The smallest absolute Gasteiger partial charge is 0.289 e. The highest BCUT2D eigenvalue weighted by Gasteiger charge is 2.17. The molecule has 0 amide bonds. The molecule has 4 aromatic carbocycles. The molecule has 4 rings (SSSR count). The van der Waals surface area contributed by atoms with Crippen LogP contribution in [0, 0.1) is 13.8 Å². The van der Waals surface area contributed by atoms with Crippen LogP contribution in [0.3, 0.4) is 0 Å². The maximum Gasteiger partial charge on any atom is 0.294 e. The van der Waals surface area contributed by atoms with E-state index in [1.807, 2.05) is 0 Å². The Morgan fingerprint density at radius 1 is 0.575 bits per heavy atom. The lowest BCUT2D eigenvalue weighted by molar-refractivity contribution is 0.103. The fourth-order valence-corrected chi connectivity index (χ4v) is 5.18. The molecule has 0 saturated carbocycles. The minimum atomic E-state index is -4.27. The number of hydrogen-bond donors (Lipinski definition) is 2. The predicted octanol–water partition coefficient (Wildman–Crippen LogP) is 6.25. The second-order valence-electron chi connectivity index (χ2n) is 8.58. The number of benzene rings is 4. The molecule has 0 atom stereocenters. The molecule has 0 unspecified atom stereocenters. The largest absolute Gasteiger partial charge is 0.294 e. The molecule has 0 fully saturated rings. The third-order valence-corrected chi connectivity index (χ3v) is 8.04. The molecule has 0 bridgehead atoms. The molecule has 0 heterocycles. The van der Waals surface area contributed by atoms with E-state index in [4.69, 9.17) is 32.3 Å². The Hall–Kier alpha value is -3.38. The highest BCUT2D eigenvalue weighted by atomic mass is 35.5. The van der Waals surface area contributed by atoms with Crippen LogP contribution in [0.4, 0.5) is 0 Å². The van der Waals surface area contributed by atoms with Crippen molar-refractivity contribution in [2.45, 2.75) is 23.6 Å². The van der Waals surface area contributed by atoms with Gasteiger partial charge in [-0.1, -0.05) is 23.2 Å². The van der Waals surface area contributed by atoms with Gasteiger partial charge in [-0.25, -0.2) is 0 Å². The van der Waals surface area contributed by atoms with E-state index in [0.717, 1.165) is 0 Å². The molecule has 0 radical (unpaired) electrons. The Labute approximate surface area is 241 Å². The van der Waals surface area contributed by atoms with E-state index in [9.17, 15) is 26.4 Å². The summed E-state index contributed by atoms with van der Waals surface area (Å²) in [4.78, 5) is 24.1. The summed E-state index contributed by atoms with van der Waals surface area (Å²) in [7, 11) is -8.54. The highest BCUT2D eigenvalue weighted by Crippen LogP contribution is 2.21. The van der Waals surface area contributed by atoms with Crippen LogP contribution in [-0.2, 0) is 20.2 Å². The van der Waals surface area contributed by atoms with Crippen molar-refractivity contribution in [2.24, 2.45) is 0 Å². The van der Waals surface area contributed by atoms with Gasteiger partial charge < -0.3 is 0 Å². The Morgan fingerprint density at radius 3 is 1.48 bits per heavy atom. The number of rotatable bonds is 6. The van der Waals surface area contributed by atoms with Crippen molar-refractivity contribution in [2.75, 3.05) is 0 Å². The van der Waals surface area contributed by atoms with E-state index < -0.39 is 20.2 Å². The molecule has 208 valence electrons. The van der Waals surface area contributed by atoms with E-state index in [-0.39, 0.29) is 21.4 Å². The first-order valence-electron chi connectivity index (χ1n) is 11.3. The van der Waals surface area contributed by atoms with E-state index in [1.165, 1.54) is 43.3 Å². The number of ketones is 2. The monoisotopic (exact) mass is 620 g/mol. The average molecular weight is 622 g/mol. The average Bonchev–Trinajstić information content (AvgIpc) is 2.88. The highest BCUT2D eigenvalue weighted by molar-refractivity contribution is 7.86. The Kier molecular flexibility index (Phi) is 9.68. The Bertz CT molecular complexity index is 1800. The van der Waals surface area contributed by atoms with Gasteiger partial charge in [0.25, 0.3) is 20.2 Å². The number of aryl methyl sites for hydroxylation is 2. The molecule has 0 aliphatic carbocycles. The summed E-state index contributed by atoms with van der Waals surface area (Å²) >= 11 is 11.5. The van der Waals surface area contributed by atoms with Gasteiger partial charge in [0, 0.05) is 32.3 Å². The van der Waals surface area contributed by atoms with E-state index in [0.29, 0.717) is 43.4 Å². The Balaban J connectivity index is 0.000000220. The third kappa shape index (κ3) is 7.85. The van der Waals surface area contributed by atoms with Gasteiger partial charge in [-0.2, -0.15) is 16.8 Å². The topological polar surface area (TPSA) is 143 Å². The van der Waals surface area contributed by atoms with Crippen molar-refractivity contribution in [3.05, 3.63) is 128 Å². The third-order valence-electron chi connectivity index (χ3n) is 5.67. The van der Waals surface area contributed by atoms with Crippen LogP contribution in [0.2, 0.25) is 10.0 Å². The van der Waals surface area contributed by atoms with Gasteiger partial charge in [-0.05, 0) is 110 Å². The molecule has 0 aliphatic rings. The number of carbonyl (C=O) groups is 2. The summed E-state index contributed by atoms with van der Waals surface area (Å²) in [5.41, 5.74) is 2.41. The summed E-state index contributed by atoms with van der Waals surface area (Å²) < 4.78 is 62.2. The molecule has 4 aromatic rings. The van der Waals surface area contributed by atoms with E-state index >= 15 is 0 Å². The van der Waals surface area contributed by atoms with Crippen LogP contribution < -0.4 is 0 Å². The fraction of sp³-hybridized carbons (Fsp3) is 0.0714. The van der Waals surface area contributed by atoms with E-state index in [2.05, 4.69) is 0 Å². The van der Waals surface area contributed by atoms with Crippen LogP contribution >= 0.6 is 23.2 Å².